The largest absolute Gasteiger partial charge is 0.467 e. The van der Waals surface area contributed by atoms with E-state index in [1.54, 1.807) is 17.0 Å². The second-order valence-corrected chi connectivity index (χ2v) is 8.41. The van der Waals surface area contributed by atoms with Crippen molar-refractivity contribution in [1.82, 2.24) is 4.90 Å². The number of amides is 2. The molecule has 0 unspecified atom stereocenters. The monoisotopic (exact) mass is 442 g/mol. The van der Waals surface area contributed by atoms with Gasteiger partial charge in [-0.2, -0.15) is 0 Å². The number of nitrogens with one attached hydrogen (secondary N) is 1. The molecule has 1 atom stereocenters. The molecule has 0 saturated carbocycles. The second-order valence-electron chi connectivity index (χ2n) is 8.41. The van der Waals surface area contributed by atoms with Gasteiger partial charge in [0, 0.05) is 23.4 Å². The van der Waals surface area contributed by atoms with Crippen molar-refractivity contribution in [3.8, 4) is 11.1 Å². The van der Waals surface area contributed by atoms with Gasteiger partial charge in [-0.25, -0.2) is 4.79 Å². The molecule has 0 saturated heterocycles. The molecule has 2 amide bonds. The summed E-state index contributed by atoms with van der Waals surface area (Å²) >= 11 is 0. The Morgan fingerprint density at radius 3 is 2.24 bits per heavy atom. The van der Waals surface area contributed by atoms with Crippen molar-refractivity contribution in [1.29, 1.82) is 0 Å². The zero-order chi connectivity index (χ0) is 23.5. The Labute approximate surface area is 193 Å². The lowest BCUT2D eigenvalue weighted by Crippen LogP contribution is -2.45. The topological polar surface area (TPSA) is 75.7 Å². The number of fused-ring (bicyclic) bond motifs is 1. The Balaban J connectivity index is 1.52. The van der Waals surface area contributed by atoms with Gasteiger partial charge in [0.15, 0.2) is 0 Å². The van der Waals surface area contributed by atoms with Crippen molar-refractivity contribution >= 4 is 23.5 Å². The maximum atomic E-state index is 13.0. The number of esters is 1. The predicted octanol–water partition coefficient (Wildman–Crippen LogP) is 4.76. The van der Waals surface area contributed by atoms with Gasteiger partial charge >= 0.3 is 5.97 Å². The van der Waals surface area contributed by atoms with E-state index in [1.807, 2.05) is 74.5 Å². The molecule has 1 N–H and O–H groups in total. The Morgan fingerprint density at radius 1 is 0.939 bits per heavy atom. The summed E-state index contributed by atoms with van der Waals surface area (Å²) in [5.41, 5.74) is 4.72. The first-order chi connectivity index (χ1) is 15.9. The molecule has 6 heteroatoms. The van der Waals surface area contributed by atoms with Crippen molar-refractivity contribution in [2.45, 2.75) is 26.4 Å². The summed E-state index contributed by atoms with van der Waals surface area (Å²) in [4.78, 5) is 39.2. The first-order valence-electron chi connectivity index (χ1n) is 10.9. The van der Waals surface area contributed by atoms with Gasteiger partial charge in [-0.3, -0.25) is 9.59 Å². The molecule has 1 heterocycles. The molecule has 0 aromatic heterocycles. The molecular formula is C27H26N2O4. The van der Waals surface area contributed by atoms with Crippen LogP contribution in [0.2, 0.25) is 0 Å². The zero-order valence-corrected chi connectivity index (χ0v) is 18.9. The summed E-state index contributed by atoms with van der Waals surface area (Å²) in [6.07, 6.45) is 0. The number of anilines is 1. The van der Waals surface area contributed by atoms with E-state index in [0.29, 0.717) is 23.4 Å². The molecule has 0 aliphatic carbocycles. The number of ether oxygens (including phenoxy) is 1. The van der Waals surface area contributed by atoms with Gasteiger partial charge in [-0.15, -0.1) is 0 Å². The summed E-state index contributed by atoms with van der Waals surface area (Å²) in [6.45, 7) is 4.17. The summed E-state index contributed by atoms with van der Waals surface area (Å²) in [6, 6.07) is 21.7. The number of hydrogen-bond donors (Lipinski definition) is 1. The molecule has 168 valence electrons. The molecule has 0 fully saturated rings. The molecule has 6 nitrogen and oxygen atoms in total. The van der Waals surface area contributed by atoms with Gasteiger partial charge in [0.05, 0.1) is 7.11 Å². The highest BCUT2D eigenvalue weighted by atomic mass is 16.5. The minimum atomic E-state index is -0.620. The number of carbonyl (C=O) groups is 3. The van der Waals surface area contributed by atoms with E-state index >= 15 is 0 Å². The van der Waals surface area contributed by atoms with Gasteiger partial charge in [-0.1, -0.05) is 50.2 Å². The summed E-state index contributed by atoms with van der Waals surface area (Å²) in [5, 5.41) is 2.90. The highest BCUT2D eigenvalue weighted by molar-refractivity contribution is 6.04. The molecule has 0 spiro atoms. The lowest BCUT2D eigenvalue weighted by atomic mass is 10.0. The predicted molar refractivity (Wildman–Crippen MR) is 127 cm³/mol. The van der Waals surface area contributed by atoms with Crippen LogP contribution in [0.5, 0.6) is 0 Å². The van der Waals surface area contributed by atoms with Gasteiger partial charge in [0.25, 0.3) is 11.8 Å². The highest BCUT2D eigenvalue weighted by Crippen LogP contribution is 2.32. The Hall–Kier alpha value is -3.93. The third-order valence-electron chi connectivity index (χ3n) is 5.86. The maximum Gasteiger partial charge on any atom is 0.328 e. The third-order valence-corrected chi connectivity index (χ3v) is 5.86. The minimum Gasteiger partial charge on any atom is -0.467 e. The quantitative estimate of drug-likeness (QED) is 0.559. The fourth-order valence-electron chi connectivity index (χ4n) is 4.17. The number of methoxy groups -OCH3 is 1. The molecule has 0 bridgehead atoms. The van der Waals surface area contributed by atoms with Crippen LogP contribution in [0.15, 0.2) is 72.8 Å². The molecule has 1 aliphatic rings. The molecular weight excluding hydrogens is 416 g/mol. The fraction of sp³-hybridized carbons (Fsp3) is 0.222. The summed E-state index contributed by atoms with van der Waals surface area (Å²) in [5.74, 6) is -0.780. The lowest BCUT2D eigenvalue weighted by molar-refractivity contribution is -0.147. The van der Waals surface area contributed by atoms with E-state index < -0.39 is 12.0 Å². The van der Waals surface area contributed by atoms with Crippen LogP contribution >= 0.6 is 0 Å². The third kappa shape index (κ3) is 4.51. The van der Waals surface area contributed by atoms with E-state index in [-0.39, 0.29) is 17.7 Å². The van der Waals surface area contributed by atoms with Crippen LogP contribution in [0.25, 0.3) is 11.1 Å². The van der Waals surface area contributed by atoms with Gasteiger partial charge in [0.1, 0.15) is 6.04 Å². The lowest BCUT2D eigenvalue weighted by Gasteiger charge is -2.28. The van der Waals surface area contributed by atoms with Crippen LogP contribution in [-0.4, -0.2) is 35.8 Å². The van der Waals surface area contributed by atoms with E-state index in [1.165, 1.54) is 7.11 Å². The number of rotatable bonds is 6. The van der Waals surface area contributed by atoms with Gasteiger partial charge in [-0.05, 0) is 59.0 Å². The Kier molecular flexibility index (Phi) is 6.27. The minimum absolute atomic E-state index is 0.0613. The average molecular weight is 443 g/mol. The molecule has 3 aromatic carbocycles. The van der Waals surface area contributed by atoms with E-state index in [9.17, 15) is 14.4 Å². The first-order valence-corrected chi connectivity index (χ1v) is 10.9. The maximum absolute atomic E-state index is 13.0. The highest BCUT2D eigenvalue weighted by Gasteiger charge is 2.38. The van der Waals surface area contributed by atoms with Crippen molar-refractivity contribution in [2.75, 3.05) is 12.4 Å². The van der Waals surface area contributed by atoms with Crippen molar-refractivity contribution < 1.29 is 19.1 Å². The molecule has 4 rings (SSSR count). The smallest absolute Gasteiger partial charge is 0.328 e. The Bertz CT molecular complexity index is 1190. The SMILES string of the molecule is COC(=O)[C@H](C(C)C)N1Cc2cc(-c3ccc(NC(=O)c4ccccc4)cc3)ccc2C1=O. The Morgan fingerprint density at radius 2 is 1.61 bits per heavy atom. The molecule has 0 radical (unpaired) electrons. The van der Waals surface area contributed by atoms with Crippen molar-refractivity contribution in [2.24, 2.45) is 5.92 Å². The van der Waals surface area contributed by atoms with Crippen LogP contribution in [-0.2, 0) is 16.1 Å². The standard InChI is InChI=1S/C27H26N2O4/c1-17(2)24(27(32)33-3)29-16-21-15-20(11-14-23(21)26(29)31)18-9-12-22(13-10-18)28-25(30)19-7-5-4-6-8-19/h4-15,17,24H,16H2,1-3H3,(H,28,30)/t24-/m0/s1. The summed E-state index contributed by atoms with van der Waals surface area (Å²) in [7, 11) is 1.34. The zero-order valence-electron chi connectivity index (χ0n) is 18.9. The summed E-state index contributed by atoms with van der Waals surface area (Å²) < 4.78 is 4.93. The van der Waals surface area contributed by atoms with E-state index in [4.69, 9.17) is 4.74 Å². The van der Waals surface area contributed by atoms with Gasteiger partial charge in [0.2, 0.25) is 0 Å². The number of carbonyl (C=O) groups excluding carboxylic acids is 3. The van der Waals surface area contributed by atoms with Crippen LogP contribution in [0.4, 0.5) is 5.69 Å². The molecule has 33 heavy (non-hydrogen) atoms. The number of benzene rings is 3. The van der Waals surface area contributed by atoms with E-state index in [2.05, 4.69) is 5.32 Å². The van der Waals surface area contributed by atoms with Crippen LogP contribution in [0.1, 0.15) is 40.1 Å². The fourth-order valence-corrected chi connectivity index (χ4v) is 4.17. The number of nitrogens with zero attached hydrogens (tertiary/aromatic N) is 1. The molecule has 3 aromatic rings. The normalized spacial score (nSPS) is 13.6. The van der Waals surface area contributed by atoms with Gasteiger partial charge < -0.3 is 15.0 Å². The second kappa shape index (κ2) is 9.28. The first kappa shape index (κ1) is 22.3. The molecule has 1 aliphatic heterocycles. The van der Waals surface area contributed by atoms with Crippen molar-refractivity contribution in [3.05, 3.63) is 89.5 Å². The van der Waals surface area contributed by atoms with Crippen LogP contribution < -0.4 is 5.32 Å². The van der Waals surface area contributed by atoms with Crippen LogP contribution in [0, 0.1) is 5.92 Å². The number of hydrogen-bond acceptors (Lipinski definition) is 4. The van der Waals surface area contributed by atoms with E-state index in [0.717, 1.165) is 16.7 Å². The van der Waals surface area contributed by atoms with Crippen molar-refractivity contribution in [3.63, 3.8) is 0 Å². The average Bonchev–Trinajstić information content (AvgIpc) is 3.15. The van der Waals surface area contributed by atoms with Crippen LogP contribution in [0.3, 0.4) is 0 Å².